The number of para-hydroxylation sites is 1. The van der Waals surface area contributed by atoms with Crippen LogP contribution in [0.5, 0.6) is 5.75 Å². The summed E-state index contributed by atoms with van der Waals surface area (Å²) in [5, 5.41) is 23.3. The molecule has 37 heavy (non-hydrogen) atoms. The molecule has 4 saturated carbocycles. The van der Waals surface area contributed by atoms with Gasteiger partial charge in [-0.1, -0.05) is 32.0 Å². The third kappa shape index (κ3) is 3.77. The largest absolute Gasteiger partial charge is 0.496 e. The maximum atomic E-state index is 12.9. The zero-order valence-corrected chi connectivity index (χ0v) is 23.4. The highest BCUT2D eigenvalue weighted by atomic mass is 16.5. The van der Waals surface area contributed by atoms with Crippen molar-refractivity contribution < 1.29 is 19.7 Å². The Labute approximate surface area is 223 Å². The molecular weight excluding hydrogens is 462 g/mol. The molecule has 0 aromatic heterocycles. The predicted molar refractivity (Wildman–Crippen MR) is 145 cm³/mol. The van der Waals surface area contributed by atoms with E-state index >= 15 is 0 Å². The molecule has 0 bridgehead atoms. The Morgan fingerprint density at radius 1 is 0.946 bits per heavy atom. The SMILES string of the molecule is COc1ccccc1[C@@]1(OCCN2CCCC2)CC[C@]2(O)[C@@H]3CC[C@@H]4C[C@@H](O)CC[C@]4(C)[C@H]3CC[C@]12C. The van der Waals surface area contributed by atoms with Gasteiger partial charge in [0.1, 0.15) is 11.4 Å². The van der Waals surface area contributed by atoms with Gasteiger partial charge in [0.2, 0.25) is 0 Å². The highest BCUT2D eigenvalue weighted by molar-refractivity contribution is 5.43. The second-order valence-corrected chi connectivity index (χ2v) is 13.6. The van der Waals surface area contributed by atoms with Crippen LogP contribution in [-0.2, 0) is 10.3 Å². The summed E-state index contributed by atoms with van der Waals surface area (Å²) < 4.78 is 13.1. The lowest BCUT2D eigenvalue weighted by Crippen LogP contribution is -2.65. The van der Waals surface area contributed by atoms with Crippen LogP contribution >= 0.6 is 0 Å². The Bertz CT molecular complexity index is 979. The van der Waals surface area contributed by atoms with Gasteiger partial charge in [0.05, 0.1) is 25.4 Å². The van der Waals surface area contributed by atoms with Gasteiger partial charge in [-0.3, -0.25) is 0 Å². The number of fused-ring (bicyclic) bond motifs is 5. The van der Waals surface area contributed by atoms with Gasteiger partial charge in [0.15, 0.2) is 0 Å². The van der Waals surface area contributed by atoms with Crippen molar-refractivity contribution >= 4 is 0 Å². The topological polar surface area (TPSA) is 62.2 Å². The van der Waals surface area contributed by atoms with Crippen LogP contribution in [0, 0.1) is 28.6 Å². The molecule has 0 spiro atoms. The number of rotatable bonds is 6. The van der Waals surface area contributed by atoms with Gasteiger partial charge in [0, 0.05) is 17.5 Å². The number of aliphatic hydroxyl groups excluding tert-OH is 1. The van der Waals surface area contributed by atoms with E-state index in [4.69, 9.17) is 9.47 Å². The third-order valence-electron chi connectivity index (χ3n) is 12.4. The molecule has 0 unspecified atom stereocenters. The molecule has 206 valence electrons. The van der Waals surface area contributed by atoms with Crippen LogP contribution in [0.4, 0.5) is 0 Å². The monoisotopic (exact) mass is 511 g/mol. The summed E-state index contributed by atoms with van der Waals surface area (Å²) in [7, 11) is 1.76. The molecule has 0 amide bonds. The number of nitrogens with zero attached hydrogens (tertiary/aromatic N) is 1. The molecule has 5 heteroatoms. The maximum Gasteiger partial charge on any atom is 0.124 e. The highest BCUT2D eigenvalue weighted by Crippen LogP contribution is 2.73. The fourth-order valence-corrected chi connectivity index (χ4v) is 10.3. The van der Waals surface area contributed by atoms with Gasteiger partial charge in [0.25, 0.3) is 0 Å². The number of benzene rings is 1. The molecule has 1 aromatic rings. The number of methoxy groups -OCH3 is 1. The Hall–Kier alpha value is -1.14. The zero-order valence-electron chi connectivity index (χ0n) is 23.4. The molecule has 6 rings (SSSR count). The average Bonchev–Trinajstić information content (AvgIpc) is 3.50. The Morgan fingerprint density at radius 2 is 1.73 bits per heavy atom. The Kier molecular flexibility index (Phi) is 6.70. The van der Waals surface area contributed by atoms with Crippen molar-refractivity contribution in [2.75, 3.05) is 33.4 Å². The first-order chi connectivity index (χ1) is 17.8. The van der Waals surface area contributed by atoms with Crippen molar-refractivity contribution in [2.24, 2.45) is 28.6 Å². The Balaban J connectivity index is 1.36. The number of hydrogen-bond donors (Lipinski definition) is 2. The summed E-state index contributed by atoms with van der Waals surface area (Å²) in [6.45, 7) is 8.82. The lowest BCUT2D eigenvalue weighted by molar-refractivity contribution is -0.249. The first-order valence-corrected chi connectivity index (χ1v) is 15.2. The number of aliphatic hydroxyl groups is 2. The molecule has 1 heterocycles. The minimum atomic E-state index is -0.755. The molecule has 4 aliphatic carbocycles. The van der Waals surface area contributed by atoms with Crippen molar-refractivity contribution in [1.82, 2.24) is 4.90 Å². The smallest absolute Gasteiger partial charge is 0.124 e. The van der Waals surface area contributed by atoms with Crippen LogP contribution < -0.4 is 4.74 Å². The summed E-state index contributed by atoms with van der Waals surface area (Å²) in [5.41, 5.74) is -0.339. The van der Waals surface area contributed by atoms with E-state index in [9.17, 15) is 10.2 Å². The summed E-state index contributed by atoms with van der Waals surface area (Å²) >= 11 is 0. The minimum Gasteiger partial charge on any atom is -0.496 e. The van der Waals surface area contributed by atoms with E-state index in [2.05, 4.69) is 36.9 Å². The van der Waals surface area contributed by atoms with Gasteiger partial charge in [-0.25, -0.2) is 0 Å². The van der Waals surface area contributed by atoms with Gasteiger partial charge in [-0.2, -0.15) is 0 Å². The van der Waals surface area contributed by atoms with Crippen LogP contribution in [0.1, 0.15) is 90.0 Å². The molecule has 1 aromatic carbocycles. The fourth-order valence-electron chi connectivity index (χ4n) is 10.3. The lowest BCUT2D eigenvalue weighted by Gasteiger charge is -2.64. The standard InChI is InChI=1S/C32H49NO4/c1-29-14-12-24(34)22-23(29)10-11-26-25(29)13-15-30(2)31(26,35)16-17-32(30,27-8-4-5-9-28(27)36-3)37-21-20-33-18-6-7-19-33/h4-5,8-9,23-26,34-35H,6-7,10-22H2,1-3H3/t23-,24+,25+,26-,29+,30+,31+,32+/m1/s1. The van der Waals surface area contributed by atoms with E-state index < -0.39 is 11.2 Å². The molecular formula is C32H49NO4. The minimum absolute atomic E-state index is 0.139. The van der Waals surface area contributed by atoms with Crippen molar-refractivity contribution in [3.05, 3.63) is 29.8 Å². The second kappa shape index (κ2) is 9.50. The molecule has 5 aliphatic rings. The molecule has 8 atom stereocenters. The molecule has 2 N–H and O–H groups in total. The maximum absolute atomic E-state index is 12.9. The van der Waals surface area contributed by atoms with Crippen LogP contribution in [0.2, 0.25) is 0 Å². The molecule has 5 fully saturated rings. The highest BCUT2D eigenvalue weighted by Gasteiger charge is 2.73. The van der Waals surface area contributed by atoms with Gasteiger partial charge < -0.3 is 24.6 Å². The van der Waals surface area contributed by atoms with E-state index in [-0.39, 0.29) is 16.9 Å². The van der Waals surface area contributed by atoms with Gasteiger partial charge in [-0.05, 0) is 113 Å². The molecule has 1 aliphatic heterocycles. The third-order valence-corrected chi connectivity index (χ3v) is 12.4. The Morgan fingerprint density at radius 3 is 2.51 bits per heavy atom. The summed E-state index contributed by atoms with van der Waals surface area (Å²) in [5.74, 6) is 2.28. The van der Waals surface area contributed by atoms with E-state index in [1.54, 1.807) is 7.11 Å². The predicted octanol–water partition coefficient (Wildman–Crippen LogP) is 5.52. The zero-order chi connectivity index (χ0) is 25.9. The molecule has 0 radical (unpaired) electrons. The second-order valence-electron chi connectivity index (χ2n) is 13.6. The van der Waals surface area contributed by atoms with Crippen LogP contribution in [0.3, 0.4) is 0 Å². The van der Waals surface area contributed by atoms with Gasteiger partial charge in [-0.15, -0.1) is 0 Å². The first-order valence-electron chi connectivity index (χ1n) is 15.2. The number of ether oxygens (including phenoxy) is 2. The fraction of sp³-hybridized carbons (Fsp3) is 0.812. The summed E-state index contributed by atoms with van der Waals surface area (Å²) in [6.07, 6.45) is 11.3. The normalized spacial score (nSPS) is 45.8. The van der Waals surface area contributed by atoms with E-state index in [1.807, 2.05) is 6.07 Å². The first kappa shape index (κ1) is 26.1. The van der Waals surface area contributed by atoms with E-state index in [0.717, 1.165) is 75.6 Å². The number of hydrogen-bond acceptors (Lipinski definition) is 5. The van der Waals surface area contributed by atoms with Crippen LogP contribution in [0.25, 0.3) is 0 Å². The van der Waals surface area contributed by atoms with Crippen LogP contribution in [0.15, 0.2) is 24.3 Å². The van der Waals surface area contributed by atoms with Crippen molar-refractivity contribution in [2.45, 2.75) is 102 Å². The lowest BCUT2D eigenvalue weighted by atomic mass is 9.42. The summed E-state index contributed by atoms with van der Waals surface area (Å²) in [6, 6.07) is 8.40. The van der Waals surface area contributed by atoms with Crippen LogP contribution in [-0.4, -0.2) is 60.2 Å². The molecule has 5 nitrogen and oxygen atoms in total. The summed E-state index contributed by atoms with van der Waals surface area (Å²) in [4.78, 5) is 2.52. The van der Waals surface area contributed by atoms with E-state index in [0.29, 0.717) is 24.4 Å². The molecule has 1 saturated heterocycles. The van der Waals surface area contributed by atoms with Crippen molar-refractivity contribution in [3.63, 3.8) is 0 Å². The van der Waals surface area contributed by atoms with E-state index in [1.165, 1.54) is 25.9 Å². The average molecular weight is 512 g/mol. The van der Waals surface area contributed by atoms with Crippen molar-refractivity contribution in [3.8, 4) is 5.75 Å². The number of likely N-dealkylation sites (tertiary alicyclic amines) is 1. The van der Waals surface area contributed by atoms with Gasteiger partial charge >= 0.3 is 0 Å². The van der Waals surface area contributed by atoms with Crippen molar-refractivity contribution in [1.29, 1.82) is 0 Å². The quantitative estimate of drug-likeness (QED) is 0.527.